The van der Waals surface area contributed by atoms with Crippen LogP contribution in [0.5, 0.6) is 0 Å². The minimum Gasteiger partial charge on any atom is -0.379 e. The molecule has 0 saturated heterocycles. The van der Waals surface area contributed by atoms with E-state index in [1.165, 1.54) is 15.3 Å². The van der Waals surface area contributed by atoms with E-state index in [9.17, 15) is 4.39 Å². The molecular weight excluding hydrogens is 257 g/mol. The van der Waals surface area contributed by atoms with Gasteiger partial charge in [-0.05, 0) is 37.6 Å². The number of anilines is 1. The summed E-state index contributed by atoms with van der Waals surface area (Å²) in [5.41, 5.74) is 1.65. The zero-order chi connectivity index (χ0) is 12.4. The van der Waals surface area contributed by atoms with Crippen LogP contribution >= 0.6 is 22.9 Å². The van der Waals surface area contributed by atoms with Crippen molar-refractivity contribution < 1.29 is 4.39 Å². The maximum absolute atomic E-state index is 13.6. The van der Waals surface area contributed by atoms with Crippen molar-refractivity contribution in [2.75, 3.05) is 5.32 Å². The van der Waals surface area contributed by atoms with E-state index in [0.29, 0.717) is 12.2 Å². The summed E-state index contributed by atoms with van der Waals surface area (Å²) < 4.78 is 13.6. The highest BCUT2D eigenvalue weighted by molar-refractivity contribution is 7.12. The van der Waals surface area contributed by atoms with Gasteiger partial charge in [0.15, 0.2) is 5.82 Å². The second kappa shape index (κ2) is 5.07. The molecule has 1 aromatic carbocycles. The van der Waals surface area contributed by atoms with Crippen molar-refractivity contribution in [2.45, 2.75) is 20.4 Å². The molecule has 1 N–H and O–H groups in total. The van der Waals surface area contributed by atoms with Gasteiger partial charge in [0.05, 0.1) is 10.7 Å². The molecule has 1 nitrogen and oxygen atoms in total. The van der Waals surface area contributed by atoms with E-state index in [4.69, 9.17) is 11.6 Å². The third kappa shape index (κ3) is 2.79. The van der Waals surface area contributed by atoms with E-state index < -0.39 is 5.82 Å². The van der Waals surface area contributed by atoms with Crippen molar-refractivity contribution >= 4 is 28.6 Å². The summed E-state index contributed by atoms with van der Waals surface area (Å²) in [6.45, 7) is 4.76. The van der Waals surface area contributed by atoms with Crippen LogP contribution in [0.2, 0.25) is 5.02 Å². The van der Waals surface area contributed by atoms with Crippen molar-refractivity contribution in [3.63, 3.8) is 0 Å². The van der Waals surface area contributed by atoms with Gasteiger partial charge in [-0.1, -0.05) is 17.7 Å². The highest BCUT2D eigenvalue weighted by atomic mass is 35.5. The monoisotopic (exact) mass is 269 g/mol. The highest BCUT2D eigenvalue weighted by Crippen LogP contribution is 2.25. The largest absolute Gasteiger partial charge is 0.379 e. The lowest BCUT2D eigenvalue weighted by atomic mass is 10.2. The third-order valence-corrected chi connectivity index (χ3v) is 3.86. The van der Waals surface area contributed by atoms with Gasteiger partial charge in [0.25, 0.3) is 0 Å². The zero-order valence-electron chi connectivity index (χ0n) is 9.68. The number of hydrogen-bond donors (Lipinski definition) is 1. The van der Waals surface area contributed by atoms with Gasteiger partial charge in [-0.25, -0.2) is 4.39 Å². The SMILES string of the molecule is Cc1cc(CNc2cccc(Cl)c2F)c(C)s1. The Balaban J connectivity index is 2.12. The van der Waals surface area contributed by atoms with Crippen LogP contribution < -0.4 is 5.32 Å². The van der Waals surface area contributed by atoms with Crippen LogP contribution in [0.3, 0.4) is 0 Å². The summed E-state index contributed by atoms with van der Waals surface area (Å²) in [7, 11) is 0. The van der Waals surface area contributed by atoms with E-state index in [0.717, 1.165) is 0 Å². The van der Waals surface area contributed by atoms with Gasteiger partial charge in [-0.3, -0.25) is 0 Å². The van der Waals surface area contributed by atoms with Gasteiger partial charge in [-0.2, -0.15) is 0 Å². The first-order chi connectivity index (χ1) is 8.08. The molecule has 0 aliphatic heterocycles. The van der Waals surface area contributed by atoms with Crippen LogP contribution in [0.1, 0.15) is 15.3 Å². The van der Waals surface area contributed by atoms with E-state index in [-0.39, 0.29) is 5.02 Å². The Hall–Kier alpha value is -1.06. The minimum atomic E-state index is -0.390. The van der Waals surface area contributed by atoms with Gasteiger partial charge in [-0.15, -0.1) is 11.3 Å². The molecule has 1 aromatic heterocycles. The summed E-state index contributed by atoms with van der Waals surface area (Å²) in [4.78, 5) is 2.53. The molecule has 2 aromatic rings. The molecule has 4 heteroatoms. The maximum Gasteiger partial charge on any atom is 0.164 e. The van der Waals surface area contributed by atoms with Gasteiger partial charge in [0.2, 0.25) is 0 Å². The smallest absolute Gasteiger partial charge is 0.164 e. The molecule has 0 fully saturated rings. The van der Waals surface area contributed by atoms with E-state index >= 15 is 0 Å². The van der Waals surface area contributed by atoms with Crippen LogP contribution in [0.4, 0.5) is 10.1 Å². The van der Waals surface area contributed by atoms with E-state index in [2.05, 4.69) is 25.2 Å². The van der Waals surface area contributed by atoms with Crippen molar-refractivity contribution in [3.8, 4) is 0 Å². The second-order valence-corrected chi connectivity index (χ2v) is 5.76. The van der Waals surface area contributed by atoms with Crippen molar-refractivity contribution in [1.82, 2.24) is 0 Å². The number of benzene rings is 1. The number of aryl methyl sites for hydroxylation is 2. The average molecular weight is 270 g/mol. The first-order valence-electron chi connectivity index (χ1n) is 5.31. The highest BCUT2D eigenvalue weighted by Gasteiger charge is 2.07. The van der Waals surface area contributed by atoms with Gasteiger partial charge >= 0.3 is 0 Å². The maximum atomic E-state index is 13.6. The van der Waals surface area contributed by atoms with Crippen LogP contribution in [0.15, 0.2) is 24.3 Å². The molecule has 1 heterocycles. The lowest BCUT2D eigenvalue weighted by Crippen LogP contribution is -2.01. The Kier molecular flexibility index (Phi) is 3.69. The van der Waals surface area contributed by atoms with Crippen LogP contribution in [0, 0.1) is 19.7 Å². The summed E-state index contributed by atoms with van der Waals surface area (Å²) in [6.07, 6.45) is 0. The normalized spacial score (nSPS) is 10.6. The fraction of sp³-hybridized carbons (Fsp3) is 0.231. The predicted molar refractivity (Wildman–Crippen MR) is 72.5 cm³/mol. The summed E-state index contributed by atoms with van der Waals surface area (Å²) in [6, 6.07) is 7.09. The quantitative estimate of drug-likeness (QED) is 0.846. The van der Waals surface area contributed by atoms with Gasteiger partial charge in [0.1, 0.15) is 0 Å². The average Bonchev–Trinajstić information content (AvgIpc) is 2.60. The molecule has 2 rings (SSSR count). The summed E-state index contributed by atoms with van der Waals surface area (Å²) >= 11 is 7.47. The molecule has 0 radical (unpaired) electrons. The Morgan fingerprint density at radius 3 is 2.76 bits per heavy atom. The van der Waals surface area contributed by atoms with Crippen LogP contribution in [-0.4, -0.2) is 0 Å². The lowest BCUT2D eigenvalue weighted by molar-refractivity contribution is 0.630. The standard InChI is InChI=1S/C13H13ClFNS/c1-8-6-10(9(2)17-8)7-16-12-5-3-4-11(14)13(12)15/h3-6,16H,7H2,1-2H3. The van der Waals surface area contributed by atoms with Gasteiger partial charge in [0, 0.05) is 16.3 Å². The molecule has 0 aliphatic carbocycles. The van der Waals surface area contributed by atoms with Crippen LogP contribution in [0.25, 0.3) is 0 Å². The van der Waals surface area contributed by atoms with Crippen molar-refractivity contribution in [2.24, 2.45) is 0 Å². The molecule has 0 atom stereocenters. The zero-order valence-corrected chi connectivity index (χ0v) is 11.3. The van der Waals surface area contributed by atoms with Crippen molar-refractivity contribution in [3.05, 3.63) is 50.4 Å². The predicted octanol–water partition coefficient (Wildman–Crippen LogP) is 4.77. The Morgan fingerprint density at radius 2 is 2.12 bits per heavy atom. The minimum absolute atomic E-state index is 0.147. The molecule has 17 heavy (non-hydrogen) atoms. The fourth-order valence-corrected chi connectivity index (χ4v) is 2.81. The first-order valence-corrected chi connectivity index (χ1v) is 6.51. The van der Waals surface area contributed by atoms with Crippen LogP contribution in [-0.2, 0) is 6.54 Å². The molecule has 0 aliphatic rings. The number of rotatable bonds is 3. The number of thiophene rings is 1. The molecule has 0 spiro atoms. The number of nitrogens with one attached hydrogen (secondary N) is 1. The molecule has 0 bridgehead atoms. The Morgan fingerprint density at radius 1 is 1.35 bits per heavy atom. The number of hydrogen-bond acceptors (Lipinski definition) is 2. The molecule has 0 saturated carbocycles. The summed E-state index contributed by atoms with van der Waals surface area (Å²) in [5, 5.41) is 3.22. The Labute approximate surface area is 109 Å². The third-order valence-electron chi connectivity index (χ3n) is 2.56. The first kappa shape index (κ1) is 12.4. The van der Waals surface area contributed by atoms with Gasteiger partial charge < -0.3 is 5.32 Å². The molecule has 0 unspecified atom stereocenters. The molecule has 0 amide bonds. The second-order valence-electron chi connectivity index (χ2n) is 3.89. The number of halogens is 2. The summed E-state index contributed by atoms with van der Waals surface area (Å²) in [5.74, 6) is -0.390. The van der Waals surface area contributed by atoms with E-state index in [1.807, 2.05) is 0 Å². The van der Waals surface area contributed by atoms with Crippen molar-refractivity contribution in [1.29, 1.82) is 0 Å². The fourth-order valence-electron chi connectivity index (χ4n) is 1.69. The molecule has 90 valence electrons. The molecular formula is C13H13ClFNS. The Bertz CT molecular complexity index is 536. The van der Waals surface area contributed by atoms with E-state index in [1.54, 1.807) is 29.5 Å². The lowest BCUT2D eigenvalue weighted by Gasteiger charge is -2.07. The topological polar surface area (TPSA) is 12.0 Å².